The van der Waals surface area contributed by atoms with Gasteiger partial charge in [-0.2, -0.15) is 13.2 Å². The number of aliphatic imine (C=N–C) groups is 1. The Labute approximate surface area is 203 Å². The summed E-state index contributed by atoms with van der Waals surface area (Å²) in [6, 6.07) is 3.62. The zero-order valence-corrected chi connectivity index (χ0v) is 18.8. The quantitative estimate of drug-likeness (QED) is 0.269. The van der Waals surface area contributed by atoms with E-state index in [9.17, 15) is 27.6 Å². The zero-order chi connectivity index (χ0) is 26.3. The second-order valence-electron chi connectivity index (χ2n) is 7.73. The normalized spacial score (nSPS) is 19.4. The fourth-order valence-electron chi connectivity index (χ4n) is 3.33. The summed E-state index contributed by atoms with van der Waals surface area (Å²) in [7, 11) is 0. The van der Waals surface area contributed by atoms with E-state index in [4.69, 9.17) is 15.9 Å². The molecule has 11 nitrogen and oxygen atoms in total. The maximum atomic E-state index is 12.9. The number of halogens is 3. The molecule has 6 N–H and O–H groups in total. The van der Waals surface area contributed by atoms with Crippen molar-refractivity contribution in [1.82, 2.24) is 20.9 Å². The molecule has 1 aromatic rings. The summed E-state index contributed by atoms with van der Waals surface area (Å²) in [5, 5.41) is 14.6. The predicted octanol–water partition coefficient (Wildman–Crippen LogP) is 0.00407. The van der Waals surface area contributed by atoms with Crippen LogP contribution < -0.4 is 21.7 Å². The predicted molar refractivity (Wildman–Crippen MR) is 123 cm³/mol. The smallest absolute Gasteiger partial charge is 0.377 e. The first-order valence-corrected chi connectivity index (χ1v) is 10.7. The number of ether oxygens (including phenoxy) is 1. The minimum atomic E-state index is -5.12. The van der Waals surface area contributed by atoms with E-state index in [2.05, 4.69) is 15.6 Å². The van der Waals surface area contributed by atoms with Crippen molar-refractivity contribution in [3.63, 3.8) is 0 Å². The van der Waals surface area contributed by atoms with Gasteiger partial charge < -0.3 is 31.3 Å². The van der Waals surface area contributed by atoms with Crippen molar-refractivity contribution in [2.24, 2.45) is 10.7 Å². The SMILES string of the molecule is N=C(NC(=O)C(F)(F)F)c1ccc(C(=O)NCC2COCCN2C(=O)C(N)/C=C2/N=CC=CN2)cc1. The minimum Gasteiger partial charge on any atom is -0.377 e. The third kappa shape index (κ3) is 6.99. The average molecular weight is 507 g/mol. The molecule has 1 fully saturated rings. The van der Waals surface area contributed by atoms with Crippen LogP contribution in [0.25, 0.3) is 0 Å². The van der Waals surface area contributed by atoms with Crippen molar-refractivity contribution in [3.05, 3.63) is 59.6 Å². The van der Waals surface area contributed by atoms with Crippen molar-refractivity contribution in [1.29, 1.82) is 5.41 Å². The lowest BCUT2D eigenvalue weighted by atomic mass is 10.1. The molecule has 3 amide bonds. The van der Waals surface area contributed by atoms with Crippen molar-refractivity contribution < 1.29 is 32.3 Å². The van der Waals surface area contributed by atoms with E-state index in [1.807, 2.05) is 0 Å². The largest absolute Gasteiger partial charge is 0.471 e. The lowest BCUT2D eigenvalue weighted by molar-refractivity contribution is -0.171. The van der Waals surface area contributed by atoms with Crippen LogP contribution in [0.3, 0.4) is 0 Å². The van der Waals surface area contributed by atoms with Gasteiger partial charge in [0.2, 0.25) is 5.91 Å². The number of carbonyl (C=O) groups excluding carboxylic acids is 3. The zero-order valence-electron chi connectivity index (χ0n) is 18.8. The van der Waals surface area contributed by atoms with Gasteiger partial charge in [-0.05, 0) is 24.3 Å². The lowest BCUT2D eigenvalue weighted by Gasteiger charge is -2.36. The molecular formula is C22H24F3N7O4. The van der Waals surface area contributed by atoms with Gasteiger partial charge in [0.1, 0.15) is 17.7 Å². The molecule has 0 aliphatic carbocycles. The van der Waals surface area contributed by atoms with E-state index in [1.54, 1.807) is 18.5 Å². The van der Waals surface area contributed by atoms with Crippen molar-refractivity contribution in [2.45, 2.75) is 18.3 Å². The monoisotopic (exact) mass is 507 g/mol. The summed E-state index contributed by atoms with van der Waals surface area (Å²) < 4.78 is 42.5. The van der Waals surface area contributed by atoms with Crippen LogP contribution in [0.1, 0.15) is 15.9 Å². The number of alkyl halides is 3. The average Bonchev–Trinajstić information content (AvgIpc) is 2.87. The summed E-state index contributed by atoms with van der Waals surface area (Å²) >= 11 is 0. The van der Waals surface area contributed by atoms with Crippen LogP contribution in [-0.4, -0.2) is 79.2 Å². The van der Waals surface area contributed by atoms with E-state index in [-0.39, 0.29) is 36.7 Å². The number of carbonyl (C=O) groups is 3. The minimum absolute atomic E-state index is 0.0167. The Morgan fingerprint density at radius 3 is 2.61 bits per heavy atom. The van der Waals surface area contributed by atoms with E-state index < -0.39 is 35.9 Å². The Bertz CT molecular complexity index is 1100. The molecule has 2 atom stereocenters. The number of nitrogens with one attached hydrogen (secondary N) is 4. The number of morpholine rings is 1. The highest BCUT2D eigenvalue weighted by Crippen LogP contribution is 2.15. The topological polar surface area (TPSA) is 162 Å². The number of allylic oxidation sites excluding steroid dienone is 1. The van der Waals surface area contributed by atoms with Crippen LogP contribution in [-0.2, 0) is 14.3 Å². The lowest BCUT2D eigenvalue weighted by Crippen LogP contribution is -2.57. The van der Waals surface area contributed by atoms with Gasteiger partial charge >= 0.3 is 12.1 Å². The number of amides is 3. The fraction of sp³-hybridized carbons (Fsp3) is 0.318. The number of nitrogens with zero attached hydrogens (tertiary/aromatic N) is 2. The molecule has 192 valence electrons. The molecule has 0 spiro atoms. The van der Waals surface area contributed by atoms with Gasteiger partial charge in [0.15, 0.2) is 0 Å². The second-order valence-corrected chi connectivity index (χ2v) is 7.73. The number of hydrogen-bond donors (Lipinski definition) is 5. The maximum Gasteiger partial charge on any atom is 0.471 e. The van der Waals surface area contributed by atoms with Gasteiger partial charge in [-0.25, -0.2) is 4.99 Å². The molecule has 2 aliphatic rings. The third-order valence-electron chi connectivity index (χ3n) is 5.19. The Kier molecular flexibility index (Phi) is 8.55. The fourth-order valence-corrected chi connectivity index (χ4v) is 3.33. The standard InChI is InChI=1S/C22H24F3N7O4/c23-22(24,25)21(35)31-18(27)13-2-4-14(5-3-13)19(33)30-11-15-12-36-9-8-32(15)20(34)16(26)10-17-28-6-1-7-29-17/h1-7,10,15-16,28H,8-9,11-12,26H2,(H,30,33)(H2,27,31,35)/b17-10+. The number of hydrogen-bond acceptors (Lipinski definition) is 8. The van der Waals surface area contributed by atoms with E-state index in [1.165, 1.54) is 40.6 Å². The van der Waals surface area contributed by atoms with Gasteiger partial charge in [0.05, 0.1) is 19.3 Å². The van der Waals surface area contributed by atoms with Gasteiger partial charge in [-0.15, -0.1) is 0 Å². The van der Waals surface area contributed by atoms with Crippen LogP contribution in [0.4, 0.5) is 13.2 Å². The molecule has 0 radical (unpaired) electrons. The highest BCUT2D eigenvalue weighted by Gasteiger charge is 2.39. The molecular weight excluding hydrogens is 483 g/mol. The van der Waals surface area contributed by atoms with E-state index in [0.717, 1.165) is 0 Å². The Morgan fingerprint density at radius 1 is 1.28 bits per heavy atom. The summed E-state index contributed by atoms with van der Waals surface area (Å²) in [6.45, 7) is 0.847. The highest BCUT2D eigenvalue weighted by molar-refractivity contribution is 6.08. The number of benzene rings is 1. The van der Waals surface area contributed by atoms with Gasteiger partial charge in [-0.1, -0.05) is 12.1 Å². The van der Waals surface area contributed by atoms with Crippen LogP contribution >= 0.6 is 0 Å². The molecule has 2 unspecified atom stereocenters. The molecule has 36 heavy (non-hydrogen) atoms. The molecule has 0 bridgehead atoms. The Balaban J connectivity index is 1.57. The van der Waals surface area contributed by atoms with Crippen LogP contribution in [0.2, 0.25) is 0 Å². The molecule has 3 rings (SSSR count). The third-order valence-corrected chi connectivity index (χ3v) is 5.19. The molecule has 2 heterocycles. The molecule has 0 saturated carbocycles. The molecule has 14 heteroatoms. The Hall–Kier alpha value is -4.04. The van der Waals surface area contributed by atoms with Gasteiger partial charge in [-0.3, -0.25) is 19.8 Å². The first kappa shape index (κ1) is 26.6. The summed E-state index contributed by atoms with van der Waals surface area (Å²) in [4.78, 5) is 42.0. The van der Waals surface area contributed by atoms with E-state index >= 15 is 0 Å². The van der Waals surface area contributed by atoms with Crippen molar-refractivity contribution in [3.8, 4) is 0 Å². The summed E-state index contributed by atoms with van der Waals surface area (Å²) in [5.74, 6) is -3.46. The van der Waals surface area contributed by atoms with Gasteiger partial charge in [0.25, 0.3) is 5.91 Å². The molecule has 2 aliphatic heterocycles. The summed E-state index contributed by atoms with van der Waals surface area (Å²) in [5.41, 5.74) is 6.19. The molecule has 1 saturated heterocycles. The molecule has 0 aromatic heterocycles. The highest BCUT2D eigenvalue weighted by atomic mass is 19.4. The molecule has 1 aromatic carbocycles. The van der Waals surface area contributed by atoms with Crippen molar-refractivity contribution >= 4 is 29.8 Å². The number of nitrogens with two attached hydrogens (primary N) is 1. The number of amidine groups is 1. The first-order valence-electron chi connectivity index (χ1n) is 10.7. The number of rotatable bonds is 6. The second kappa shape index (κ2) is 11.6. The first-order chi connectivity index (χ1) is 17.1. The maximum absolute atomic E-state index is 12.9. The van der Waals surface area contributed by atoms with Crippen LogP contribution in [0.5, 0.6) is 0 Å². The van der Waals surface area contributed by atoms with Crippen LogP contribution in [0.15, 0.2) is 53.4 Å². The Morgan fingerprint density at radius 2 is 1.97 bits per heavy atom. The van der Waals surface area contributed by atoms with Gasteiger partial charge in [0, 0.05) is 36.6 Å². The van der Waals surface area contributed by atoms with E-state index in [0.29, 0.717) is 12.4 Å². The van der Waals surface area contributed by atoms with Crippen molar-refractivity contribution in [2.75, 3.05) is 26.3 Å². The van der Waals surface area contributed by atoms with Crippen LogP contribution in [0, 0.1) is 5.41 Å². The summed E-state index contributed by atoms with van der Waals surface area (Å²) in [6.07, 6.45) is 1.26.